The highest BCUT2D eigenvalue weighted by atomic mass is 19.1. The SMILES string of the molecule is CCC(F)CC1CCC(CC(F)CC)CC1. The topological polar surface area (TPSA) is 0 Å². The van der Waals surface area contributed by atoms with Gasteiger partial charge in [-0.1, -0.05) is 39.5 Å². The van der Waals surface area contributed by atoms with Crippen LogP contribution in [0.5, 0.6) is 0 Å². The molecule has 0 saturated heterocycles. The minimum absolute atomic E-state index is 0.561. The maximum atomic E-state index is 13.2. The van der Waals surface area contributed by atoms with Gasteiger partial charge in [0.15, 0.2) is 0 Å². The van der Waals surface area contributed by atoms with Crippen molar-refractivity contribution in [3.8, 4) is 0 Å². The molecule has 1 fully saturated rings. The van der Waals surface area contributed by atoms with Gasteiger partial charge in [0.05, 0.1) is 0 Å². The number of hydrogen-bond donors (Lipinski definition) is 0. The highest BCUT2D eigenvalue weighted by Gasteiger charge is 2.24. The van der Waals surface area contributed by atoms with Gasteiger partial charge in [0, 0.05) is 0 Å². The van der Waals surface area contributed by atoms with E-state index < -0.39 is 12.3 Å². The van der Waals surface area contributed by atoms with Crippen LogP contribution < -0.4 is 0 Å². The molecule has 0 aromatic rings. The molecule has 1 aliphatic rings. The maximum Gasteiger partial charge on any atom is 0.100 e. The van der Waals surface area contributed by atoms with E-state index in [4.69, 9.17) is 0 Å². The lowest BCUT2D eigenvalue weighted by Gasteiger charge is -2.29. The molecule has 1 saturated carbocycles. The van der Waals surface area contributed by atoms with Crippen molar-refractivity contribution in [2.45, 2.75) is 77.6 Å². The van der Waals surface area contributed by atoms with Crippen LogP contribution in [0, 0.1) is 11.8 Å². The third-order valence-corrected chi connectivity index (χ3v) is 4.03. The summed E-state index contributed by atoms with van der Waals surface area (Å²) in [6, 6.07) is 0. The Bertz CT molecular complexity index is 154. The molecule has 0 spiro atoms. The van der Waals surface area contributed by atoms with Crippen LogP contribution >= 0.6 is 0 Å². The van der Waals surface area contributed by atoms with Crippen molar-refractivity contribution in [1.82, 2.24) is 0 Å². The summed E-state index contributed by atoms with van der Waals surface area (Å²) in [5.41, 5.74) is 0. The van der Waals surface area contributed by atoms with Crippen LogP contribution in [0.1, 0.15) is 65.2 Å². The van der Waals surface area contributed by atoms with E-state index in [-0.39, 0.29) is 0 Å². The average Bonchev–Trinajstić information content (AvgIpc) is 2.31. The summed E-state index contributed by atoms with van der Waals surface area (Å²) in [6.45, 7) is 3.82. The highest BCUT2D eigenvalue weighted by molar-refractivity contribution is 4.76. The second-order valence-electron chi connectivity index (χ2n) is 5.37. The zero-order chi connectivity index (χ0) is 12.0. The summed E-state index contributed by atoms with van der Waals surface area (Å²) in [6.07, 6.45) is 5.96. The minimum atomic E-state index is -0.619. The van der Waals surface area contributed by atoms with Crippen LogP contribution in [0.25, 0.3) is 0 Å². The summed E-state index contributed by atoms with van der Waals surface area (Å²) in [4.78, 5) is 0. The van der Waals surface area contributed by atoms with E-state index in [9.17, 15) is 8.78 Å². The summed E-state index contributed by atoms with van der Waals surface area (Å²) >= 11 is 0. The van der Waals surface area contributed by atoms with Crippen LogP contribution in [0.15, 0.2) is 0 Å². The van der Waals surface area contributed by atoms with E-state index in [1.165, 1.54) is 0 Å². The first kappa shape index (κ1) is 13.9. The molecule has 0 aromatic heterocycles. The second kappa shape index (κ2) is 7.24. The molecule has 1 aliphatic carbocycles. The van der Waals surface area contributed by atoms with Crippen molar-refractivity contribution in [2.75, 3.05) is 0 Å². The number of halogens is 2. The molecule has 0 nitrogen and oxygen atoms in total. The summed E-state index contributed by atoms with van der Waals surface area (Å²) in [5.74, 6) is 1.12. The lowest BCUT2D eigenvalue weighted by atomic mass is 9.77. The third kappa shape index (κ3) is 4.80. The molecule has 0 aromatic carbocycles. The van der Waals surface area contributed by atoms with Crippen molar-refractivity contribution < 1.29 is 8.78 Å². The van der Waals surface area contributed by atoms with Gasteiger partial charge < -0.3 is 0 Å². The zero-order valence-corrected chi connectivity index (χ0v) is 10.7. The molecule has 16 heavy (non-hydrogen) atoms. The fourth-order valence-corrected chi connectivity index (χ4v) is 2.76. The molecule has 2 atom stereocenters. The van der Waals surface area contributed by atoms with Gasteiger partial charge in [-0.25, -0.2) is 8.78 Å². The Labute approximate surface area is 98.8 Å². The fourth-order valence-electron chi connectivity index (χ4n) is 2.76. The molecule has 0 N–H and O–H groups in total. The predicted octanol–water partition coefficient (Wildman–Crippen LogP) is 5.07. The highest BCUT2D eigenvalue weighted by Crippen LogP contribution is 2.35. The number of hydrogen-bond acceptors (Lipinski definition) is 0. The van der Waals surface area contributed by atoms with E-state index in [2.05, 4.69) is 0 Å². The lowest BCUT2D eigenvalue weighted by molar-refractivity contribution is 0.170. The molecule has 0 radical (unpaired) electrons. The molecular weight excluding hydrogens is 206 g/mol. The van der Waals surface area contributed by atoms with Crippen LogP contribution in [-0.4, -0.2) is 12.3 Å². The van der Waals surface area contributed by atoms with Crippen LogP contribution in [0.3, 0.4) is 0 Å². The van der Waals surface area contributed by atoms with Gasteiger partial charge >= 0.3 is 0 Å². The number of alkyl halides is 2. The minimum Gasteiger partial charge on any atom is -0.247 e. The van der Waals surface area contributed by atoms with Gasteiger partial charge in [-0.2, -0.15) is 0 Å². The first-order valence-electron chi connectivity index (χ1n) is 6.93. The molecular formula is C14H26F2. The lowest BCUT2D eigenvalue weighted by Crippen LogP contribution is -2.20. The third-order valence-electron chi connectivity index (χ3n) is 4.03. The van der Waals surface area contributed by atoms with E-state index in [0.29, 0.717) is 24.7 Å². The van der Waals surface area contributed by atoms with Gasteiger partial charge in [0.25, 0.3) is 0 Å². The Balaban J connectivity index is 2.18. The maximum absolute atomic E-state index is 13.2. The summed E-state index contributed by atoms with van der Waals surface area (Å²) < 4.78 is 26.4. The van der Waals surface area contributed by atoms with Crippen LogP contribution in [-0.2, 0) is 0 Å². The van der Waals surface area contributed by atoms with Crippen LogP contribution in [0.4, 0.5) is 8.78 Å². The van der Waals surface area contributed by atoms with Crippen molar-refractivity contribution in [3.63, 3.8) is 0 Å². The second-order valence-corrected chi connectivity index (χ2v) is 5.37. The first-order valence-corrected chi connectivity index (χ1v) is 6.93. The standard InChI is InChI=1S/C14H26F2/c1-3-13(15)9-11-5-7-12(8-6-11)10-14(16)4-2/h11-14H,3-10H2,1-2H3. The van der Waals surface area contributed by atoms with Crippen molar-refractivity contribution in [3.05, 3.63) is 0 Å². The Morgan fingerprint density at radius 1 is 0.812 bits per heavy atom. The van der Waals surface area contributed by atoms with Gasteiger partial charge in [0.1, 0.15) is 12.3 Å². The van der Waals surface area contributed by atoms with Crippen LogP contribution in [0.2, 0.25) is 0 Å². The van der Waals surface area contributed by atoms with E-state index >= 15 is 0 Å². The molecule has 0 amide bonds. The van der Waals surface area contributed by atoms with Crippen molar-refractivity contribution >= 4 is 0 Å². The van der Waals surface area contributed by atoms with E-state index in [1.54, 1.807) is 0 Å². The van der Waals surface area contributed by atoms with Gasteiger partial charge in [-0.05, 0) is 37.5 Å². The summed E-state index contributed by atoms with van der Waals surface area (Å²) in [7, 11) is 0. The predicted molar refractivity (Wildman–Crippen MR) is 65.1 cm³/mol. The van der Waals surface area contributed by atoms with Crippen molar-refractivity contribution in [2.24, 2.45) is 11.8 Å². The zero-order valence-electron chi connectivity index (χ0n) is 10.7. The summed E-state index contributed by atoms with van der Waals surface area (Å²) in [5, 5.41) is 0. The van der Waals surface area contributed by atoms with Gasteiger partial charge in [-0.15, -0.1) is 0 Å². The smallest absolute Gasteiger partial charge is 0.100 e. The molecule has 1 rings (SSSR count). The normalized spacial score (nSPS) is 30.0. The molecule has 96 valence electrons. The molecule has 2 heteroatoms. The Kier molecular flexibility index (Phi) is 6.30. The fraction of sp³-hybridized carbons (Fsp3) is 1.00. The van der Waals surface area contributed by atoms with Gasteiger partial charge in [0.2, 0.25) is 0 Å². The number of rotatable bonds is 6. The first-order chi connectivity index (χ1) is 7.65. The van der Waals surface area contributed by atoms with E-state index in [1.807, 2.05) is 13.8 Å². The van der Waals surface area contributed by atoms with E-state index in [0.717, 1.165) is 38.5 Å². The Morgan fingerprint density at radius 2 is 1.12 bits per heavy atom. The quantitative estimate of drug-likeness (QED) is 0.600. The molecule has 0 bridgehead atoms. The average molecular weight is 232 g/mol. The Morgan fingerprint density at radius 3 is 1.38 bits per heavy atom. The van der Waals surface area contributed by atoms with Gasteiger partial charge in [-0.3, -0.25) is 0 Å². The van der Waals surface area contributed by atoms with Crippen molar-refractivity contribution in [1.29, 1.82) is 0 Å². The molecule has 0 heterocycles. The monoisotopic (exact) mass is 232 g/mol. The Hall–Kier alpha value is -0.140. The molecule has 2 unspecified atom stereocenters. The molecule has 0 aliphatic heterocycles. The largest absolute Gasteiger partial charge is 0.247 e.